The van der Waals surface area contributed by atoms with Crippen molar-refractivity contribution < 1.29 is 19.4 Å². The number of likely N-dealkylation sites (N-methyl/N-ethyl adjacent to an activating group) is 1. The number of anilines is 2. The van der Waals surface area contributed by atoms with Crippen molar-refractivity contribution in [3.05, 3.63) is 83.6 Å². The van der Waals surface area contributed by atoms with Gasteiger partial charge in [0.05, 0.1) is 30.8 Å². The second kappa shape index (κ2) is 14.0. The Kier molecular flexibility index (Phi) is 9.16. The number of rotatable bonds is 9. The minimum Gasteiger partial charge on any atom is -0.489 e. The molecule has 1 amide bonds. The number of carbonyl (C=O) groups is 1. The van der Waals surface area contributed by atoms with Crippen LogP contribution >= 0.6 is 0 Å². The van der Waals surface area contributed by atoms with Gasteiger partial charge in [-0.25, -0.2) is 4.79 Å². The van der Waals surface area contributed by atoms with Crippen LogP contribution in [-0.2, 0) is 19.6 Å². The summed E-state index contributed by atoms with van der Waals surface area (Å²) < 4.78 is 12.6. The first kappa shape index (κ1) is 31.5. The Bertz CT molecular complexity index is 1810. The Morgan fingerprint density at radius 3 is 2.60 bits per heavy atom. The highest BCUT2D eigenvalue weighted by atomic mass is 16.5. The third-order valence-corrected chi connectivity index (χ3v) is 9.86. The first-order valence-electron chi connectivity index (χ1n) is 16.8. The molecule has 1 aromatic heterocycles. The standard InChI is InChI=1S/C37H41N7O4/c1-41-16-7-11-29(41)25-48-36-39-33-23-42(17-14-32(33)35(40-36)43-18-19-44(37(45)46)28(22-43)13-15-38)34-21-30(20-27-10-5-6-12-31(27)34)47-24-26-8-3-2-4-9-26/h2-6,8-10,12,20-21,28-29H,7,11,13-14,16-19,22-25H2,1H3,(H,45,46)/t28-,29+/m0/s1. The molecular formula is C37H41N7O4. The molecule has 0 radical (unpaired) electrons. The van der Waals surface area contributed by atoms with Crippen molar-refractivity contribution in [2.24, 2.45) is 0 Å². The maximum Gasteiger partial charge on any atom is 0.407 e. The van der Waals surface area contributed by atoms with E-state index in [2.05, 4.69) is 70.3 Å². The molecule has 11 heteroatoms. The van der Waals surface area contributed by atoms with Gasteiger partial charge in [-0.15, -0.1) is 0 Å². The number of carboxylic acid groups (broad SMARTS) is 1. The van der Waals surface area contributed by atoms with Crippen molar-refractivity contribution in [1.82, 2.24) is 19.8 Å². The molecule has 0 aliphatic carbocycles. The highest BCUT2D eigenvalue weighted by molar-refractivity contribution is 5.95. The lowest BCUT2D eigenvalue weighted by molar-refractivity contribution is 0.119. The zero-order chi connectivity index (χ0) is 33.0. The minimum absolute atomic E-state index is 0.122. The fraction of sp³-hybridized carbons (Fsp3) is 0.405. The molecule has 2 saturated heterocycles. The van der Waals surface area contributed by atoms with Crippen LogP contribution in [0, 0.1) is 11.3 Å². The SMILES string of the molecule is CN1CCC[C@@H]1COc1nc2c(c(N3CCN(C(=O)O)[C@@H](CC#N)C3)n1)CCN(c1cc(OCc3ccccc3)cc3ccccc13)C2. The molecule has 0 spiro atoms. The first-order valence-corrected chi connectivity index (χ1v) is 16.8. The third-order valence-electron chi connectivity index (χ3n) is 9.86. The second-order valence-corrected chi connectivity index (χ2v) is 12.9. The van der Waals surface area contributed by atoms with Crippen molar-refractivity contribution >= 4 is 28.4 Å². The van der Waals surface area contributed by atoms with E-state index in [1.807, 2.05) is 24.3 Å². The van der Waals surface area contributed by atoms with Crippen molar-refractivity contribution in [3.63, 3.8) is 0 Å². The maximum atomic E-state index is 11.9. The fourth-order valence-corrected chi connectivity index (χ4v) is 7.21. The number of nitrogens with zero attached hydrogens (tertiary/aromatic N) is 7. The normalized spacial score (nSPS) is 19.6. The third kappa shape index (κ3) is 6.66. The number of nitriles is 1. The van der Waals surface area contributed by atoms with Gasteiger partial charge in [0.1, 0.15) is 24.8 Å². The van der Waals surface area contributed by atoms with E-state index in [-0.39, 0.29) is 6.42 Å². The molecule has 3 aromatic carbocycles. The van der Waals surface area contributed by atoms with Gasteiger partial charge in [-0.05, 0) is 49.9 Å². The maximum absolute atomic E-state index is 11.9. The molecule has 2 fully saturated rings. The molecule has 1 N–H and O–H groups in total. The van der Waals surface area contributed by atoms with Crippen LogP contribution < -0.4 is 19.3 Å². The molecule has 4 aromatic rings. The monoisotopic (exact) mass is 647 g/mol. The average molecular weight is 648 g/mol. The number of fused-ring (bicyclic) bond motifs is 2. The van der Waals surface area contributed by atoms with Gasteiger partial charge >= 0.3 is 12.1 Å². The quantitative estimate of drug-likeness (QED) is 0.256. The summed E-state index contributed by atoms with van der Waals surface area (Å²) in [6, 6.07) is 25.2. The zero-order valence-electron chi connectivity index (χ0n) is 27.3. The van der Waals surface area contributed by atoms with Gasteiger partial charge in [-0.1, -0.05) is 54.6 Å². The number of piperazine rings is 1. The molecule has 0 saturated carbocycles. The molecule has 4 heterocycles. The molecule has 3 aliphatic heterocycles. The Morgan fingerprint density at radius 1 is 0.979 bits per heavy atom. The van der Waals surface area contributed by atoms with Gasteiger partial charge in [0, 0.05) is 54.9 Å². The number of amides is 1. The van der Waals surface area contributed by atoms with Crippen LogP contribution in [0.1, 0.15) is 36.1 Å². The Balaban J connectivity index is 1.21. The molecule has 7 rings (SSSR count). The van der Waals surface area contributed by atoms with Gasteiger partial charge in [0.15, 0.2) is 0 Å². The number of ether oxygens (including phenoxy) is 2. The van der Waals surface area contributed by atoms with Crippen LogP contribution in [0.25, 0.3) is 10.8 Å². The van der Waals surface area contributed by atoms with E-state index in [1.54, 1.807) is 0 Å². The van der Waals surface area contributed by atoms with Crippen LogP contribution in [0.15, 0.2) is 66.7 Å². The van der Waals surface area contributed by atoms with Gasteiger partial charge in [0.25, 0.3) is 0 Å². The van der Waals surface area contributed by atoms with Gasteiger partial charge in [0.2, 0.25) is 0 Å². The highest BCUT2D eigenvalue weighted by Crippen LogP contribution is 2.37. The summed E-state index contributed by atoms with van der Waals surface area (Å²) in [5.74, 6) is 1.60. The van der Waals surface area contributed by atoms with E-state index >= 15 is 0 Å². The fourth-order valence-electron chi connectivity index (χ4n) is 7.21. The number of likely N-dealkylation sites (tertiary alicyclic amines) is 1. The Morgan fingerprint density at radius 2 is 1.81 bits per heavy atom. The summed E-state index contributed by atoms with van der Waals surface area (Å²) in [7, 11) is 2.12. The summed E-state index contributed by atoms with van der Waals surface area (Å²) in [6.45, 7) is 4.53. The highest BCUT2D eigenvalue weighted by Gasteiger charge is 2.34. The molecule has 3 aliphatic rings. The van der Waals surface area contributed by atoms with Crippen molar-refractivity contribution in [2.45, 2.75) is 50.9 Å². The van der Waals surface area contributed by atoms with Gasteiger partial charge < -0.3 is 34.2 Å². The predicted octanol–water partition coefficient (Wildman–Crippen LogP) is 5.33. The van der Waals surface area contributed by atoms with Crippen LogP contribution in [-0.4, -0.2) is 89.4 Å². The van der Waals surface area contributed by atoms with Crippen molar-refractivity contribution in [1.29, 1.82) is 5.26 Å². The van der Waals surface area contributed by atoms with Crippen LogP contribution in [0.5, 0.6) is 11.8 Å². The summed E-state index contributed by atoms with van der Waals surface area (Å²) in [5.41, 5.74) is 4.15. The first-order chi connectivity index (χ1) is 23.5. The number of benzene rings is 3. The van der Waals surface area contributed by atoms with Gasteiger partial charge in [-0.2, -0.15) is 15.2 Å². The summed E-state index contributed by atoms with van der Waals surface area (Å²) in [4.78, 5) is 30.1. The smallest absolute Gasteiger partial charge is 0.407 e. The van der Waals surface area contributed by atoms with Crippen LogP contribution in [0.3, 0.4) is 0 Å². The average Bonchev–Trinajstić information content (AvgIpc) is 3.53. The number of aromatic nitrogens is 2. The van der Waals surface area contributed by atoms with E-state index in [0.717, 1.165) is 70.8 Å². The molecule has 248 valence electrons. The second-order valence-electron chi connectivity index (χ2n) is 12.9. The lowest BCUT2D eigenvalue weighted by Crippen LogP contribution is -2.55. The molecular weight excluding hydrogens is 606 g/mol. The summed E-state index contributed by atoms with van der Waals surface area (Å²) in [6.07, 6.45) is 2.05. The molecule has 0 bridgehead atoms. The van der Waals surface area contributed by atoms with Crippen LogP contribution in [0.2, 0.25) is 0 Å². The van der Waals surface area contributed by atoms with E-state index in [4.69, 9.17) is 19.4 Å². The topological polar surface area (TPSA) is 118 Å². The Labute approximate surface area is 280 Å². The van der Waals surface area contributed by atoms with Gasteiger partial charge in [-0.3, -0.25) is 0 Å². The summed E-state index contributed by atoms with van der Waals surface area (Å²) >= 11 is 0. The van der Waals surface area contributed by atoms with E-state index in [9.17, 15) is 15.2 Å². The van der Waals surface area contributed by atoms with Crippen LogP contribution in [0.4, 0.5) is 16.3 Å². The predicted molar refractivity (Wildman–Crippen MR) is 184 cm³/mol. The molecule has 0 unspecified atom stereocenters. The molecule has 48 heavy (non-hydrogen) atoms. The molecule has 11 nitrogen and oxygen atoms in total. The zero-order valence-corrected chi connectivity index (χ0v) is 27.3. The lowest BCUT2D eigenvalue weighted by atomic mass is 10.0. The molecule has 2 atom stereocenters. The largest absolute Gasteiger partial charge is 0.489 e. The lowest BCUT2D eigenvalue weighted by Gasteiger charge is -2.41. The van der Waals surface area contributed by atoms with E-state index in [1.165, 1.54) is 4.90 Å². The van der Waals surface area contributed by atoms with E-state index in [0.29, 0.717) is 57.9 Å². The minimum atomic E-state index is -0.998. The Hall–Kier alpha value is -5.08. The van der Waals surface area contributed by atoms with Crippen molar-refractivity contribution in [3.8, 4) is 17.8 Å². The van der Waals surface area contributed by atoms with Crippen molar-refractivity contribution in [2.75, 3.05) is 56.2 Å². The summed E-state index contributed by atoms with van der Waals surface area (Å²) in [5, 5.41) is 21.5. The van der Waals surface area contributed by atoms with E-state index < -0.39 is 12.1 Å². The number of hydrogen-bond donors (Lipinski definition) is 1. The number of hydrogen-bond acceptors (Lipinski definition) is 9.